The number of nitrogens with one attached hydrogen (secondary N) is 2. The van der Waals surface area contributed by atoms with Crippen LogP contribution < -0.4 is 25.3 Å². The smallest absolute Gasteiger partial charge is 0.0606 e. The first kappa shape index (κ1) is 36.2. The zero-order valence-corrected chi connectivity index (χ0v) is 33.4. The first-order chi connectivity index (χ1) is 28.5. The maximum atomic E-state index is 3.74. The molecule has 2 fully saturated rings. The quantitative estimate of drug-likeness (QED) is 0.161. The lowest BCUT2D eigenvalue weighted by Gasteiger charge is -2.43. The largest absolute Gasteiger partial charge is 0.310 e. The molecule has 0 aromatic heterocycles. The number of piperidine rings is 2. The van der Waals surface area contributed by atoms with Gasteiger partial charge in [0.15, 0.2) is 0 Å². The van der Waals surface area contributed by atoms with Gasteiger partial charge in [-0.2, -0.15) is 0 Å². The van der Waals surface area contributed by atoms with E-state index in [0.29, 0.717) is 18.0 Å². The van der Waals surface area contributed by atoms with E-state index in [1.165, 1.54) is 53.0 Å². The van der Waals surface area contributed by atoms with Gasteiger partial charge in [-0.3, -0.25) is 0 Å². The first-order valence-corrected chi connectivity index (χ1v) is 21.0. The minimum atomic E-state index is -0.327. The summed E-state index contributed by atoms with van der Waals surface area (Å²) in [5.74, 6) is 1.20. The highest BCUT2D eigenvalue weighted by Crippen LogP contribution is 2.55. The van der Waals surface area contributed by atoms with E-state index < -0.39 is 0 Å². The summed E-state index contributed by atoms with van der Waals surface area (Å²) < 4.78 is 0. The minimum absolute atomic E-state index is 0.327. The molecule has 2 saturated heterocycles. The Labute approximate surface area is 343 Å². The summed E-state index contributed by atoms with van der Waals surface area (Å²) in [6.07, 6.45) is 4.13. The molecule has 3 unspecified atom stereocenters. The Balaban J connectivity index is 1.09. The fourth-order valence-electron chi connectivity index (χ4n) is 9.94. The van der Waals surface area contributed by atoms with Gasteiger partial charge in [-0.15, -0.1) is 0 Å². The molecule has 7 aromatic rings. The topological polar surface area (TPSA) is 33.8 Å². The molecule has 3 heterocycles. The molecule has 0 saturated carbocycles. The van der Waals surface area contributed by atoms with E-state index in [1.54, 1.807) is 0 Å². The Kier molecular flexibility index (Phi) is 9.56. The third kappa shape index (κ3) is 6.54. The number of benzene rings is 7. The van der Waals surface area contributed by atoms with E-state index in [2.05, 4.69) is 221 Å². The molecule has 0 bridgehead atoms. The second-order valence-electron chi connectivity index (χ2n) is 16.6. The van der Waals surface area contributed by atoms with Crippen LogP contribution in [-0.4, -0.2) is 19.3 Å². The van der Waals surface area contributed by atoms with E-state index in [0.717, 1.165) is 47.2 Å². The van der Waals surface area contributed by atoms with E-state index in [1.807, 2.05) is 0 Å². The zero-order chi connectivity index (χ0) is 39.1. The van der Waals surface area contributed by atoms with Crippen LogP contribution in [0.2, 0.25) is 0 Å². The lowest BCUT2D eigenvalue weighted by molar-refractivity contribution is 0.165. The number of hydrogen-bond acceptors (Lipinski definition) is 5. The van der Waals surface area contributed by atoms with Crippen molar-refractivity contribution in [1.82, 2.24) is 10.6 Å². The maximum absolute atomic E-state index is 3.74. The van der Waals surface area contributed by atoms with E-state index in [9.17, 15) is 0 Å². The van der Waals surface area contributed by atoms with Crippen molar-refractivity contribution in [3.05, 3.63) is 199 Å². The standard InChI is InChI=1S/C53H51N5/c1-53(2)48-36-44(56(39-16-7-3-8-17-39)40-18-9-4-10-19-40)29-31-50(48)58(42-22-13-6-14-23-42)51-32-30-45(37-49(51)53)57(41-20-11-5-12-21-41)43-27-25-38(26-28-43)46-33-35-55-52-47(46)24-15-34-54-52/h3-14,16-23,25-32,36-37,46-47,52,54-55H,15,24,33-35H2,1-2H3. The average molecular weight is 758 g/mol. The van der Waals surface area contributed by atoms with Crippen molar-refractivity contribution in [3.8, 4) is 0 Å². The van der Waals surface area contributed by atoms with Gasteiger partial charge >= 0.3 is 0 Å². The number of nitrogens with zero attached hydrogens (tertiary/aromatic N) is 3. The summed E-state index contributed by atoms with van der Waals surface area (Å²) in [4.78, 5) is 7.25. The Hall–Kier alpha value is -6.14. The predicted octanol–water partition coefficient (Wildman–Crippen LogP) is 13.1. The molecule has 58 heavy (non-hydrogen) atoms. The highest BCUT2D eigenvalue weighted by Gasteiger charge is 2.39. The summed E-state index contributed by atoms with van der Waals surface area (Å²) in [6.45, 7) is 6.95. The molecule has 7 aromatic carbocycles. The molecule has 10 rings (SSSR count). The summed E-state index contributed by atoms with van der Waals surface area (Å²) in [7, 11) is 0. The average Bonchev–Trinajstić information content (AvgIpc) is 3.28. The molecule has 288 valence electrons. The molecular formula is C53H51N5. The van der Waals surface area contributed by atoms with Crippen molar-refractivity contribution in [2.45, 2.75) is 50.6 Å². The number of fused-ring (bicyclic) bond motifs is 3. The molecule has 0 aliphatic carbocycles. The molecule has 0 radical (unpaired) electrons. The van der Waals surface area contributed by atoms with Crippen LogP contribution in [0, 0.1) is 5.92 Å². The van der Waals surface area contributed by atoms with Crippen LogP contribution >= 0.6 is 0 Å². The van der Waals surface area contributed by atoms with Gasteiger partial charge in [-0.05, 0) is 158 Å². The SMILES string of the molecule is CC1(C)c2cc(N(c3ccccc3)c3ccccc3)ccc2N(c2ccccc2)c2ccc(N(c3ccccc3)c3ccc(C4CCNC5NCCCC54)cc3)cc21. The van der Waals surface area contributed by atoms with Crippen LogP contribution in [0.15, 0.2) is 182 Å². The molecule has 5 nitrogen and oxygen atoms in total. The Morgan fingerprint density at radius 2 is 0.931 bits per heavy atom. The fraction of sp³-hybridized carbons (Fsp3) is 0.208. The molecule has 5 heteroatoms. The van der Waals surface area contributed by atoms with Gasteiger partial charge in [-0.1, -0.05) is 98.8 Å². The van der Waals surface area contributed by atoms with Gasteiger partial charge in [0.25, 0.3) is 0 Å². The zero-order valence-electron chi connectivity index (χ0n) is 33.4. The highest BCUT2D eigenvalue weighted by molar-refractivity contribution is 5.90. The van der Waals surface area contributed by atoms with Crippen LogP contribution in [0.5, 0.6) is 0 Å². The molecule has 0 amide bonds. The predicted molar refractivity (Wildman–Crippen MR) is 242 cm³/mol. The van der Waals surface area contributed by atoms with Crippen molar-refractivity contribution in [1.29, 1.82) is 0 Å². The van der Waals surface area contributed by atoms with Gasteiger partial charge in [0.2, 0.25) is 0 Å². The second-order valence-corrected chi connectivity index (χ2v) is 16.6. The van der Waals surface area contributed by atoms with Gasteiger partial charge in [0, 0.05) is 45.2 Å². The van der Waals surface area contributed by atoms with Gasteiger partial charge in [-0.25, -0.2) is 0 Å². The molecule has 3 aliphatic heterocycles. The van der Waals surface area contributed by atoms with Crippen molar-refractivity contribution in [2.75, 3.05) is 27.8 Å². The molecule has 0 spiro atoms. The first-order valence-electron chi connectivity index (χ1n) is 21.0. The molecular weight excluding hydrogens is 707 g/mol. The summed E-state index contributed by atoms with van der Waals surface area (Å²) in [5.41, 5.74) is 14.1. The Morgan fingerprint density at radius 1 is 0.483 bits per heavy atom. The summed E-state index contributed by atoms with van der Waals surface area (Å²) in [5, 5.41) is 7.49. The van der Waals surface area contributed by atoms with Crippen molar-refractivity contribution >= 4 is 51.2 Å². The van der Waals surface area contributed by atoms with Crippen molar-refractivity contribution in [2.24, 2.45) is 5.92 Å². The van der Waals surface area contributed by atoms with Crippen molar-refractivity contribution < 1.29 is 0 Å². The minimum Gasteiger partial charge on any atom is -0.310 e. The number of para-hydroxylation sites is 4. The van der Waals surface area contributed by atoms with Crippen molar-refractivity contribution in [3.63, 3.8) is 0 Å². The second kappa shape index (κ2) is 15.3. The van der Waals surface area contributed by atoms with Gasteiger partial charge < -0.3 is 25.3 Å². The Morgan fingerprint density at radius 3 is 1.45 bits per heavy atom. The third-order valence-corrected chi connectivity index (χ3v) is 12.8. The van der Waals surface area contributed by atoms with Gasteiger partial charge in [0.05, 0.1) is 17.5 Å². The van der Waals surface area contributed by atoms with E-state index in [4.69, 9.17) is 0 Å². The lowest BCUT2D eigenvalue weighted by Crippen LogP contribution is -2.56. The summed E-state index contributed by atoms with van der Waals surface area (Å²) >= 11 is 0. The van der Waals surface area contributed by atoms with Crippen LogP contribution in [0.1, 0.15) is 55.7 Å². The van der Waals surface area contributed by atoms with E-state index >= 15 is 0 Å². The molecule has 3 aliphatic rings. The lowest BCUT2D eigenvalue weighted by atomic mass is 9.73. The van der Waals surface area contributed by atoms with Crippen LogP contribution in [0.3, 0.4) is 0 Å². The molecule has 2 N–H and O–H groups in total. The highest BCUT2D eigenvalue weighted by atomic mass is 15.2. The van der Waals surface area contributed by atoms with E-state index in [-0.39, 0.29) is 5.41 Å². The fourth-order valence-corrected chi connectivity index (χ4v) is 9.94. The van der Waals surface area contributed by atoms with Crippen LogP contribution in [0.25, 0.3) is 0 Å². The monoisotopic (exact) mass is 757 g/mol. The van der Waals surface area contributed by atoms with Gasteiger partial charge in [0.1, 0.15) is 0 Å². The number of anilines is 9. The maximum Gasteiger partial charge on any atom is 0.0606 e. The number of rotatable bonds is 8. The summed E-state index contributed by atoms with van der Waals surface area (Å²) in [6, 6.07) is 66.7. The van der Waals surface area contributed by atoms with Crippen LogP contribution in [0.4, 0.5) is 51.2 Å². The normalized spacial score (nSPS) is 19.3. The number of hydrogen-bond donors (Lipinski definition) is 2. The Bertz CT molecular complexity index is 2440. The van der Waals surface area contributed by atoms with Crippen LogP contribution in [-0.2, 0) is 5.41 Å². The molecule has 3 atom stereocenters. The third-order valence-electron chi connectivity index (χ3n) is 12.8.